The Hall–Kier alpha value is -3.91. The molecule has 7 rings (SSSR count). The van der Waals surface area contributed by atoms with Crippen molar-refractivity contribution >= 4 is 10.8 Å². The van der Waals surface area contributed by atoms with E-state index in [2.05, 4.69) is 189 Å². The van der Waals surface area contributed by atoms with Crippen LogP contribution in [0, 0.1) is 12.1 Å². The van der Waals surface area contributed by atoms with Gasteiger partial charge in [0.05, 0.1) is 0 Å². The van der Waals surface area contributed by atoms with Crippen LogP contribution in [0.15, 0.2) is 103 Å². The fourth-order valence-corrected chi connectivity index (χ4v) is 6.78. The zero-order valence-electron chi connectivity index (χ0n) is 31.5. The Morgan fingerprint density at radius 2 is 1.22 bits per heavy atom. The minimum Gasteiger partial charge on any atom is -0.305 e. The summed E-state index contributed by atoms with van der Waals surface area (Å²) in [6.07, 6.45) is 3.89. The van der Waals surface area contributed by atoms with Crippen molar-refractivity contribution in [3.8, 4) is 33.6 Å². The van der Waals surface area contributed by atoms with Crippen molar-refractivity contribution in [1.29, 1.82) is 0 Å². The Morgan fingerprint density at radius 3 is 1.84 bits per heavy atom. The minimum absolute atomic E-state index is 0. The van der Waals surface area contributed by atoms with Gasteiger partial charge < -0.3 is 9.97 Å². The first kappa shape index (κ1) is 37.3. The summed E-state index contributed by atoms with van der Waals surface area (Å²) >= 11 is 0. The second kappa shape index (κ2) is 13.7. The fraction of sp³-hybridized carbons (Fsp3) is 0.319. The van der Waals surface area contributed by atoms with Gasteiger partial charge in [0.1, 0.15) is 0 Å². The SMILES string of the molecule is CC(C)(C)c1c[c-]c(-c2ccc(C(C)(C)C)cn2)cc1.CC(C)(C)c1ccnc(-c2[c-]cc3c(c2)-c2ccc4ccccc4c2C3(C)C)c1.[Ir]. The number of rotatable bonds is 2. The largest absolute Gasteiger partial charge is 0.305 e. The molecule has 0 aliphatic heterocycles. The zero-order chi connectivity index (χ0) is 35.4. The first-order valence-corrected chi connectivity index (χ1v) is 17.5. The molecule has 0 saturated carbocycles. The Balaban J connectivity index is 0.000000204. The molecule has 6 aromatic rings. The molecule has 1 radical (unpaired) electrons. The van der Waals surface area contributed by atoms with Crippen molar-refractivity contribution in [3.05, 3.63) is 143 Å². The summed E-state index contributed by atoms with van der Waals surface area (Å²) < 4.78 is 0. The molecule has 0 amide bonds. The van der Waals surface area contributed by atoms with Crippen LogP contribution in [0.3, 0.4) is 0 Å². The molecule has 0 bridgehead atoms. The molecule has 3 heteroatoms. The molecule has 0 atom stereocenters. The van der Waals surface area contributed by atoms with E-state index in [0.717, 1.165) is 22.5 Å². The number of pyridine rings is 2. The Morgan fingerprint density at radius 1 is 0.560 bits per heavy atom. The van der Waals surface area contributed by atoms with Gasteiger partial charge in [-0.2, -0.15) is 0 Å². The topological polar surface area (TPSA) is 25.8 Å². The van der Waals surface area contributed by atoms with E-state index >= 15 is 0 Å². The quantitative estimate of drug-likeness (QED) is 0.162. The smallest absolute Gasteiger partial charge is 0.0198 e. The van der Waals surface area contributed by atoms with Crippen LogP contribution in [0.5, 0.6) is 0 Å². The fourth-order valence-electron chi connectivity index (χ4n) is 6.78. The summed E-state index contributed by atoms with van der Waals surface area (Å²) in [5.41, 5.74) is 13.7. The molecular formula is C47H50IrN2-2. The molecule has 1 aliphatic rings. The molecule has 259 valence electrons. The van der Waals surface area contributed by atoms with Crippen LogP contribution in [0.1, 0.15) is 104 Å². The molecule has 0 N–H and O–H groups in total. The third-order valence-corrected chi connectivity index (χ3v) is 9.95. The van der Waals surface area contributed by atoms with Gasteiger partial charge in [-0.3, -0.25) is 0 Å². The molecule has 2 aromatic heterocycles. The maximum Gasteiger partial charge on any atom is 0.0198 e. The summed E-state index contributed by atoms with van der Waals surface area (Å²) in [4.78, 5) is 9.24. The first-order valence-electron chi connectivity index (χ1n) is 17.5. The van der Waals surface area contributed by atoms with Crippen molar-refractivity contribution < 1.29 is 20.1 Å². The molecule has 50 heavy (non-hydrogen) atoms. The average molecular weight is 835 g/mol. The summed E-state index contributed by atoms with van der Waals surface area (Å²) in [5.74, 6) is 0. The van der Waals surface area contributed by atoms with Crippen LogP contribution in [0.2, 0.25) is 0 Å². The summed E-state index contributed by atoms with van der Waals surface area (Å²) in [6.45, 7) is 24.6. The number of hydrogen-bond donors (Lipinski definition) is 0. The molecule has 0 saturated heterocycles. The zero-order valence-corrected chi connectivity index (χ0v) is 33.9. The maximum absolute atomic E-state index is 4.66. The van der Waals surface area contributed by atoms with Crippen molar-refractivity contribution in [1.82, 2.24) is 9.97 Å². The predicted octanol–water partition coefficient (Wildman–Crippen LogP) is 12.4. The normalized spacial score (nSPS) is 13.5. The van der Waals surface area contributed by atoms with Gasteiger partial charge in [0, 0.05) is 32.5 Å². The van der Waals surface area contributed by atoms with Crippen molar-refractivity contribution in [2.45, 2.75) is 97.8 Å². The van der Waals surface area contributed by atoms with Crippen molar-refractivity contribution in [3.63, 3.8) is 0 Å². The minimum atomic E-state index is -0.0404. The summed E-state index contributed by atoms with van der Waals surface area (Å²) in [6, 6.07) is 39.5. The Bertz CT molecular complexity index is 2060. The van der Waals surface area contributed by atoms with Crippen LogP contribution in [-0.2, 0) is 41.8 Å². The number of fused-ring (bicyclic) bond motifs is 5. The average Bonchev–Trinajstić information content (AvgIpc) is 3.30. The van der Waals surface area contributed by atoms with Crippen LogP contribution in [0.4, 0.5) is 0 Å². The number of aromatic nitrogens is 2. The van der Waals surface area contributed by atoms with Crippen molar-refractivity contribution in [2.24, 2.45) is 0 Å². The summed E-state index contributed by atoms with van der Waals surface area (Å²) in [7, 11) is 0. The molecule has 1 aliphatic carbocycles. The van der Waals surface area contributed by atoms with Gasteiger partial charge in [0.2, 0.25) is 0 Å². The van der Waals surface area contributed by atoms with Gasteiger partial charge in [-0.1, -0.05) is 136 Å². The predicted molar refractivity (Wildman–Crippen MR) is 208 cm³/mol. The monoisotopic (exact) mass is 835 g/mol. The second-order valence-electron chi connectivity index (χ2n) is 17.1. The molecule has 2 nitrogen and oxygen atoms in total. The third-order valence-electron chi connectivity index (χ3n) is 9.95. The van der Waals surface area contributed by atoms with E-state index in [0.29, 0.717) is 0 Å². The van der Waals surface area contributed by atoms with Crippen LogP contribution in [0.25, 0.3) is 44.4 Å². The third kappa shape index (κ3) is 7.41. The van der Waals surface area contributed by atoms with E-state index in [9.17, 15) is 0 Å². The van der Waals surface area contributed by atoms with Crippen LogP contribution in [-0.4, -0.2) is 9.97 Å². The Kier molecular flexibility index (Phi) is 10.2. The van der Waals surface area contributed by atoms with Gasteiger partial charge >= 0.3 is 0 Å². The first-order chi connectivity index (χ1) is 22.9. The van der Waals surface area contributed by atoms with Gasteiger partial charge in [-0.25, -0.2) is 0 Å². The summed E-state index contributed by atoms with van der Waals surface area (Å²) in [5, 5.41) is 2.65. The number of nitrogens with zero attached hydrogens (tertiary/aromatic N) is 2. The molecule has 0 spiro atoms. The molecule has 0 fully saturated rings. The van der Waals surface area contributed by atoms with Crippen LogP contribution < -0.4 is 0 Å². The number of benzene rings is 4. The molecular weight excluding hydrogens is 785 g/mol. The van der Waals surface area contributed by atoms with E-state index in [1.165, 1.54) is 49.7 Å². The standard InChI is InChI=1S/C28H26N.C19H24N.Ir/c1-27(2,3)20-14-15-29-25(17-20)19-11-13-24-23(16-19)22-12-10-18-8-6-7-9-21(18)26(22)28(24,4)5;1-18(2,3)15-9-7-14(8-10-15)17-12-11-16(13-20-17)19(4,5)6;/h6-10,12-17H,1-5H3;7,9-13H,1-6H3;/q2*-1;. The van der Waals surface area contributed by atoms with E-state index < -0.39 is 0 Å². The van der Waals surface area contributed by atoms with Gasteiger partial charge in [0.25, 0.3) is 0 Å². The van der Waals surface area contributed by atoms with E-state index in [1.807, 2.05) is 12.4 Å². The Labute approximate surface area is 314 Å². The molecule has 2 heterocycles. The van der Waals surface area contributed by atoms with Crippen molar-refractivity contribution in [2.75, 3.05) is 0 Å². The number of hydrogen-bond acceptors (Lipinski definition) is 2. The maximum atomic E-state index is 4.66. The van der Waals surface area contributed by atoms with Crippen LogP contribution >= 0.6 is 0 Å². The van der Waals surface area contributed by atoms with Gasteiger partial charge in [0.15, 0.2) is 0 Å². The van der Waals surface area contributed by atoms with Gasteiger partial charge in [-0.15, -0.1) is 64.7 Å². The second-order valence-corrected chi connectivity index (χ2v) is 17.1. The van der Waals surface area contributed by atoms with E-state index in [1.54, 1.807) is 0 Å². The van der Waals surface area contributed by atoms with E-state index in [4.69, 9.17) is 0 Å². The molecule has 4 aromatic carbocycles. The molecule has 0 unspecified atom stereocenters. The van der Waals surface area contributed by atoms with Gasteiger partial charge in [-0.05, 0) is 72.1 Å². The van der Waals surface area contributed by atoms with E-state index in [-0.39, 0.29) is 41.8 Å².